The number of benzene rings is 1. The highest BCUT2D eigenvalue weighted by Crippen LogP contribution is 2.36. The maximum absolute atomic E-state index is 12.9. The molecular weight excluding hydrogens is 492 g/mol. The van der Waals surface area contributed by atoms with Gasteiger partial charge in [-0.2, -0.15) is 0 Å². The fraction of sp³-hybridized carbons (Fsp3) is 0.435. The van der Waals surface area contributed by atoms with E-state index in [2.05, 4.69) is 15.5 Å². The number of aromatic nitrogens is 2. The number of carbonyl (C=O) groups is 2. The van der Waals surface area contributed by atoms with Crippen LogP contribution >= 0.6 is 35.3 Å². The zero-order valence-electron chi connectivity index (χ0n) is 19.0. The molecule has 0 bridgehead atoms. The summed E-state index contributed by atoms with van der Waals surface area (Å²) in [6.45, 7) is 1.78. The van der Waals surface area contributed by atoms with Crippen molar-refractivity contribution in [2.75, 3.05) is 19.0 Å². The summed E-state index contributed by atoms with van der Waals surface area (Å²) in [6, 6.07) is 5.61. The summed E-state index contributed by atoms with van der Waals surface area (Å²) < 4.78 is 12.0. The Hall–Kier alpha value is -2.50. The van der Waals surface area contributed by atoms with E-state index >= 15 is 0 Å². The van der Waals surface area contributed by atoms with Crippen molar-refractivity contribution in [2.45, 2.75) is 51.6 Å². The van der Waals surface area contributed by atoms with E-state index in [1.54, 1.807) is 13.2 Å². The number of amides is 2. The zero-order chi connectivity index (χ0) is 24.1. The number of ether oxygens (including phenoxy) is 2. The second-order valence-electron chi connectivity index (χ2n) is 7.96. The molecule has 0 spiro atoms. The van der Waals surface area contributed by atoms with E-state index in [0.29, 0.717) is 25.9 Å². The zero-order valence-corrected chi connectivity index (χ0v) is 21.5. The number of hydrogen-bond donors (Lipinski definition) is 1. The molecule has 2 amide bonds. The van der Waals surface area contributed by atoms with Crippen LogP contribution in [0, 0.1) is 0 Å². The Morgan fingerprint density at radius 1 is 1.26 bits per heavy atom. The van der Waals surface area contributed by atoms with Gasteiger partial charge < -0.3 is 9.47 Å². The number of methoxy groups -OCH3 is 1. The monoisotopic (exact) mass is 518 g/mol. The topological polar surface area (TPSA) is 93.7 Å². The largest absolute Gasteiger partial charge is 0.493 e. The lowest BCUT2D eigenvalue weighted by atomic mass is 9.98. The van der Waals surface area contributed by atoms with Gasteiger partial charge in [0.2, 0.25) is 11.0 Å². The Labute approximate surface area is 212 Å². The number of thioether (sulfide) groups is 1. The summed E-state index contributed by atoms with van der Waals surface area (Å²) in [5, 5.41) is 11.8. The normalized spacial score (nSPS) is 17.9. The van der Waals surface area contributed by atoms with Crippen LogP contribution in [0.25, 0.3) is 6.08 Å². The predicted molar refractivity (Wildman–Crippen MR) is 138 cm³/mol. The molecule has 2 aromatic rings. The van der Waals surface area contributed by atoms with E-state index in [0.717, 1.165) is 29.8 Å². The van der Waals surface area contributed by atoms with Crippen LogP contribution in [0.2, 0.25) is 0 Å². The number of nitrogens with zero attached hydrogens (tertiary/aromatic N) is 3. The molecule has 1 N–H and O–H groups in total. The Morgan fingerprint density at radius 3 is 2.76 bits per heavy atom. The molecule has 34 heavy (non-hydrogen) atoms. The molecule has 2 fully saturated rings. The van der Waals surface area contributed by atoms with Gasteiger partial charge in [0.05, 0.1) is 18.1 Å². The first-order valence-electron chi connectivity index (χ1n) is 11.2. The first-order valence-corrected chi connectivity index (χ1v) is 13.2. The minimum Gasteiger partial charge on any atom is -0.493 e. The van der Waals surface area contributed by atoms with Gasteiger partial charge in [0.1, 0.15) is 15.9 Å². The number of anilines is 1. The van der Waals surface area contributed by atoms with Gasteiger partial charge in [0, 0.05) is 0 Å². The molecule has 8 nitrogen and oxygen atoms in total. The standard InChI is InChI=1S/C23H26N4O4S3/c1-3-20-25-26-22(34-20)24-19(28)13-27-21(29)18(33-23(27)32)12-14-9-10-16(17(11-14)30-2)31-15-7-5-4-6-8-15/h9-12,15H,3-8,13H2,1-2H3,(H,24,26,28)/b18-12-. The maximum atomic E-state index is 12.9. The van der Waals surface area contributed by atoms with Crippen LogP contribution in [-0.4, -0.2) is 51.0 Å². The number of carbonyl (C=O) groups excluding carboxylic acids is 2. The fourth-order valence-corrected chi connectivity index (χ4v) is 5.72. The van der Waals surface area contributed by atoms with Crippen LogP contribution in [0.1, 0.15) is 49.6 Å². The maximum Gasteiger partial charge on any atom is 0.266 e. The average molecular weight is 519 g/mol. The summed E-state index contributed by atoms with van der Waals surface area (Å²) in [7, 11) is 1.60. The first kappa shape index (κ1) is 24.6. The van der Waals surface area contributed by atoms with Crippen molar-refractivity contribution in [2.24, 2.45) is 0 Å². The summed E-state index contributed by atoms with van der Waals surface area (Å²) in [6.07, 6.45) is 8.45. The minimum atomic E-state index is -0.373. The second-order valence-corrected chi connectivity index (χ2v) is 10.7. The third kappa shape index (κ3) is 5.94. The molecule has 0 unspecified atom stereocenters. The molecule has 1 saturated carbocycles. The lowest BCUT2D eigenvalue weighted by molar-refractivity contribution is -0.126. The molecule has 11 heteroatoms. The lowest BCUT2D eigenvalue weighted by Gasteiger charge is -2.24. The van der Waals surface area contributed by atoms with E-state index in [-0.39, 0.29) is 24.5 Å². The fourth-order valence-electron chi connectivity index (χ4n) is 3.77. The third-order valence-electron chi connectivity index (χ3n) is 5.52. The van der Waals surface area contributed by atoms with E-state index in [1.807, 2.05) is 25.1 Å². The van der Waals surface area contributed by atoms with Gasteiger partial charge in [-0.3, -0.25) is 19.8 Å². The summed E-state index contributed by atoms with van der Waals surface area (Å²) in [5.74, 6) is 0.650. The highest BCUT2D eigenvalue weighted by Gasteiger charge is 2.33. The van der Waals surface area contributed by atoms with Crippen LogP contribution in [-0.2, 0) is 16.0 Å². The van der Waals surface area contributed by atoms with E-state index < -0.39 is 0 Å². The SMILES string of the molecule is CCc1nnc(NC(=O)CN2C(=O)/C(=C/c3ccc(OC4CCCCC4)c(OC)c3)SC2=S)s1. The smallest absolute Gasteiger partial charge is 0.266 e. The van der Waals surface area contributed by atoms with Gasteiger partial charge in [-0.1, -0.05) is 54.7 Å². The van der Waals surface area contributed by atoms with Gasteiger partial charge in [-0.05, 0) is 55.9 Å². The van der Waals surface area contributed by atoms with Crippen LogP contribution in [0.4, 0.5) is 5.13 Å². The Kier molecular flexibility index (Phi) is 8.17. The van der Waals surface area contributed by atoms with Gasteiger partial charge in [-0.25, -0.2) is 0 Å². The molecule has 1 saturated heterocycles. The minimum absolute atomic E-state index is 0.180. The van der Waals surface area contributed by atoms with E-state index in [9.17, 15) is 9.59 Å². The van der Waals surface area contributed by atoms with Crippen molar-refractivity contribution in [3.05, 3.63) is 33.7 Å². The Morgan fingerprint density at radius 2 is 2.06 bits per heavy atom. The second kappa shape index (κ2) is 11.3. The first-order chi connectivity index (χ1) is 16.5. The third-order valence-corrected chi connectivity index (χ3v) is 7.88. The van der Waals surface area contributed by atoms with Crippen molar-refractivity contribution in [3.63, 3.8) is 0 Å². The summed E-state index contributed by atoms with van der Waals surface area (Å²) >= 11 is 7.83. The molecule has 1 aromatic heterocycles. The molecule has 2 aliphatic rings. The number of thiocarbonyl (C=S) groups is 1. The molecule has 2 heterocycles. The lowest BCUT2D eigenvalue weighted by Crippen LogP contribution is -2.36. The quantitative estimate of drug-likeness (QED) is 0.398. The number of nitrogens with one attached hydrogen (secondary N) is 1. The van der Waals surface area contributed by atoms with Crippen molar-refractivity contribution in [1.29, 1.82) is 0 Å². The van der Waals surface area contributed by atoms with Crippen LogP contribution in [0.15, 0.2) is 23.1 Å². The van der Waals surface area contributed by atoms with Crippen LogP contribution in [0.5, 0.6) is 11.5 Å². The van der Waals surface area contributed by atoms with Crippen LogP contribution < -0.4 is 14.8 Å². The van der Waals surface area contributed by atoms with Crippen molar-refractivity contribution in [3.8, 4) is 11.5 Å². The Bertz CT molecular complexity index is 1110. The number of rotatable bonds is 8. The van der Waals surface area contributed by atoms with Gasteiger partial charge in [0.15, 0.2) is 11.5 Å². The van der Waals surface area contributed by atoms with Crippen molar-refractivity contribution in [1.82, 2.24) is 15.1 Å². The highest BCUT2D eigenvalue weighted by atomic mass is 32.2. The van der Waals surface area contributed by atoms with Gasteiger partial charge in [0.25, 0.3) is 5.91 Å². The Balaban J connectivity index is 1.42. The summed E-state index contributed by atoms with van der Waals surface area (Å²) in [4.78, 5) is 27.1. The molecule has 1 aliphatic carbocycles. The molecule has 180 valence electrons. The highest BCUT2D eigenvalue weighted by molar-refractivity contribution is 8.26. The average Bonchev–Trinajstić information content (AvgIpc) is 3.40. The molecule has 1 aliphatic heterocycles. The van der Waals surface area contributed by atoms with E-state index in [1.165, 1.54) is 47.3 Å². The van der Waals surface area contributed by atoms with Crippen molar-refractivity contribution >= 4 is 62.7 Å². The molecule has 0 radical (unpaired) electrons. The molecule has 4 rings (SSSR count). The number of aryl methyl sites for hydroxylation is 1. The molecular formula is C23H26N4O4S3. The van der Waals surface area contributed by atoms with Crippen LogP contribution in [0.3, 0.4) is 0 Å². The summed E-state index contributed by atoms with van der Waals surface area (Å²) in [5.41, 5.74) is 0.791. The van der Waals surface area contributed by atoms with Gasteiger partial charge >= 0.3 is 0 Å². The number of hydrogen-bond acceptors (Lipinski definition) is 9. The molecule has 0 atom stereocenters. The predicted octanol–water partition coefficient (Wildman–Crippen LogP) is 4.66. The molecule has 1 aromatic carbocycles. The van der Waals surface area contributed by atoms with Crippen molar-refractivity contribution < 1.29 is 19.1 Å². The van der Waals surface area contributed by atoms with E-state index in [4.69, 9.17) is 21.7 Å². The van der Waals surface area contributed by atoms with Gasteiger partial charge in [-0.15, -0.1) is 10.2 Å².